The van der Waals surface area contributed by atoms with Crippen molar-refractivity contribution in [2.24, 2.45) is 0 Å². The Balaban J connectivity index is 2.10. The van der Waals surface area contributed by atoms with Crippen LogP contribution in [0.25, 0.3) is 6.08 Å². The number of hydrogen-bond acceptors (Lipinski definition) is 4. The fraction of sp³-hybridized carbons (Fsp3) is 0.167. The molecule has 0 aliphatic rings. The lowest BCUT2D eigenvalue weighted by Crippen LogP contribution is -2.01. The van der Waals surface area contributed by atoms with Crippen molar-refractivity contribution in [2.75, 3.05) is 14.2 Å². The number of carbonyl (C=O) groups is 1. The van der Waals surface area contributed by atoms with E-state index >= 15 is 0 Å². The fourth-order valence-corrected chi connectivity index (χ4v) is 2.02. The monoisotopic (exact) mass is 334 g/mol. The summed E-state index contributed by atoms with van der Waals surface area (Å²) < 4.78 is 38.7. The number of ether oxygens (including phenoxy) is 3. The third-order valence-corrected chi connectivity index (χ3v) is 3.20. The summed E-state index contributed by atoms with van der Waals surface area (Å²) in [5, 5.41) is 0. The van der Waals surface area contributed by atoms with E-state index in [0.29, 0.717) is 22.6 Å². The molecule has 0 saturated heterocycles. The van der Waals surface area contributed by atoms with E-state index in [2.05, 4.69) is 4.74 Å². The van der Waals surface area contributed by atoms with Gasteiger partial charge in [-0.25, -0.2) is 0 Å². The van der Waals surface area contributed by atoms with Gasteiger partial charge in [0.05, 0.1) is 14.2 Å². The predicted molar refractivity (Wildman–Crippen MR) is 86.0 cm³/mol. The second-order valence-corrected chi connectivity index (χ2v) is 4.71. The minimum atomic E-state index is -2.86. The Hall–Kier alpha value is -2.89. The molecule has 0 spiro atoms. The van der Waals surface area contributed by atoms with E-state index in [0.717, 1.165) is 0 Å². The van der Waals surface area contributed by atoms with Crippen LogP contribution in [-0.2, 0) is 0 Å². The molecule has 0 bridgehead atoms. The van der Waals surface area contributed by atoms with Crippen molar-refractivity contribution in [1.29, 1.82) is 0 Å². The lowest BCUT2D eigenvalue weighted by molar-refractivity contribution is -0.0498. The standard InChI is InChI=1S/C18H16F2O4/c1-22-16-10-6-13(11-17(16)23-2)15(21)9-5-12-3-7-14(8-4-12)24-18(19)20/h3-11,18H,1-2H3. The quantitative estimate of drug-likeness (QED) is 0.562. The van der Waals surface area contributed by atoms with Gasteiger partial charge in [0, 0.05) is 5.56 Å². The summed E-state index contributed by atoms with van der Waals surface area (Å²) in [5.74, 6) is 0.843. The molecule has 0 unspecified atom stereocenters. The molecule has 2 rings (SSSR count). The van der Waals surface area contributed by atoms with E-state index in [-0.39, 0.29) is 11.5 Å². The Labute approximate surface area is 138 Å². The largest absolute Gasteiger partial charge is 0.493 e. The first-order valence-electron chi connectivity index (χ1n) is 7.03. The number of ketones is 1. The van der Waals surface area contributed by atoms with E-state index in [1.54, 1.807) is 36.4 Å². The summed E-state index contributed by atoms with van der Waals surface area (Å²) in [5.41, 5.74) is 1.13. The van der Waals surface area contributed by atoms with Crippen LogP contribution in [0.4, 0.5) is 8.78 Å². The highest BCUT2D eigenvalue weighted by atomic mass is 19.3. The SMILES string of the molecule is COc1ccc(C(=O)C=Cc2ccc(OC(F)F)cc2)cc1OC. The molecule has 2 aromatic carbocycles. The molecule has 0 aromatic heterocycles. The normalized spacial score (nSPS) is 10.9. The van der Waals surface area contributed by atoms with E-state index < -0.39 is 6.61 Å². The van der Waals surface area contributed by atoms with Crippen LogP contribution >= 0.6 is 0 Å². The molecule has 126 valence electrons. The number of benzene rings is 2. The summed E-state index contributed by atoms with van der Waals surface area (Å²) in [6, 6.07) is 10.8. The van der Waals surface area contributed by atoms with Crippen molar-refractivity contribution in [3.63, 3.8) is 0 Å². The molecule has 0 heterocycles. The molecule has 24 heavy (non-hydrogen) atoms. The maximum Gasteiger partial charge on any atom is 0.387 e. The maximum absolute atomic E-state index is 12.2. The summed E-state index contributed by atoms with van der Waals surface area (Å²) in [6.45, 7) is -2.86. The van der Waals surface area contributed by atoms with Gasteiger partial charge in [0.1, 0.15) is 5.75 Å². The zero-order valence-corrected chi connectivity index (χ0v) is 13.2. The molecule has 6 heteroatoms. The number of hydrogen-bond donors (Lipinski definition) is 0. The van der Waals surface area contributed by atoms with Crippen LogP contribution in [0.2, 0.25) is 0 Å². The molecule has 0 fully saturated rings. The van der Waals surface area contributed by atoms with Gasteiger partial charge in [-0.2, -0.15) is 8.78 Å². The number of alkyl halides is 2. The summed E-state index contributed by atoms with van der Waals surface area (Å²) in [6.07, 6.45) is 2.98. The zero-order chi connectivity index (χ0) is 17.5. The van der Waals surface area contributed by atoms with Gasteiger partial charge < -0.3 is 14.2 Å². The molecular formula is C18H16F2O4. The van der Waals surface area contributed by atoms with Crippen LogP contribution in [0, 0.1) is 0 Å². The molecule has 4 nitrogen and oxygen atoms in total. The van der Waals surface area contributed by atoms with Gasteiger partial charge in [0.25, 0.3) is 0 Å². The molecule has 0 N–H and O–H groups in total. The molecule has 0 aliphatic carbocycles. The molecule has 0 radical (unpaired) electrons. The average Bonchev–Trinajstić information content (AvgIpc) is 2.59. The lowest BCUT2D eigenvalue weighted by Gasteiger charge is -2.08. The Kier molecular flexibility index (Phi) is 5.89. The van der Waals surface area contributed by atoms with Crippen LogP contribution in [-0.4, -0.2) is 26.6 Å². The number of carbonyl (C=O) groups excluding carboxylic acids is 1. The number of methoxy groups -OCH3 is 2. The number of halogens is 2. The summed E-state index contributed by atoms with van der Waals surface area (Å²) >= 11 is 0. The van der Waals surface area contributed by atoms with Crippen LogP contribution in [0.15, 0.2) is 48.5 Å². The number of rotatable bonds is 7. The van der Waals surface area contributed by atoms with Gasteiger partial charge in [-0.1, -0.05) is 18.2 Å². The van der Waals surface area contributed by atoms with Crippen LogP contribution in [0.1, 0.15) is 15.9 Å². The third kappa shape index (κ3) is 4.55. The average molecular weight is 334 g/mol. The third-order valence-electron chi connectivity index (χ3n) is 3.20. The van der Waals surface area contributed by atoms with Gasteiger partial charge >= 0.3 is 6.61 Å². The first-order valence-corrected chi connectivity index (χ1v) is 7.03. The van der Waals surface area contributed by atoms with E-state index in [9.17, 15) is 13.6 Å². The minimum absolute atomic E-state index is 0.0633. The van der Waals surface area contributed by atoms with Crippen LogP contribution in [0.5, 0.6) is 17.2 Å². The molecule has 0 saturated carbocycles. The highest BCUT2D eigenvalue weighted by molar-refractivity contribution is 6.07. The Morgan fingerprint density at radius 1 is 1.00 bits per heavy atom. The maximum atomic E-state index is 12.2. The predicted octanol–water partition coefficient (Wildman–Crippen LogP) is 4.20. The fourth-order valence-electron chi connectivity index (χ4n) is 2.02. The smallest absolute Gasteiger partial charge is 0.387 e. The van der Waals surface area contributed by atoms with Gasteiger partial charge in [-0.05, 0) is 42.0 Å². The van der Waals surface area contributed by atoms with E-state index in [1.165, 1.54) is 32.4 Å². The van der Waals surface area contributed by atoms with Crippen LogP contribution < -0.4 is 14.2 Å². The van der Waals surface area contributed by atoms with Crippen molar-refractivity contribution in [3.8, 4) is 17.2 Å². The highest BCUT2D eigenvalue weighted by Gasteiger charge is 2.08. The van der Waals surface area contributed by atoms with Crippen LogP contribution in [0.3, 0.4) is 0 Å². The summed E-state index contributed by atoms with van der Waals surface area (Å²) in [7, 11) is 3.01. The lowest BCUT2D eigenvalue weighted by atomic mass is 10.1. The van der Waals surface area contributed by atoms with Crippen molar-refractivity contribution in [2.45, 2.75) is 6.61 Å². The molecule has 0 aliphatic heterocycles. The number of allylic oxidation sites excluding steroid dienone is 1. The molecule has 2 aromatic rings. The zero-order valence-electron chi connectivity index (χ0n) is 13.2. The summed E-state index contributed by atoms with van der Waals surface area (Å²) in [4.78, 5) is 12.2. The molecule has 0 amide bonds. The van der Waals surface area contributed by atoms with Gasteiger partial charge in [0.15, 0.2) is 17.3 Å². The topological polar surface area (TPSA) is 44.8 Å². The Morgan fingerprint density at radius 2 is 1.67 bits per heavy atom. The first-order chi connectivity index (χ1) is 11.5. The van der Waals surface area contributed by atoms with Gasteiger partial charge in [-0.15, -0.1) is 0 Å². The second kappa shape index (κ2) is 8.10. The van der Waals surface area contributed by atoms with Crippen molar-refractivity contribution < 1.29 is 27.8 Å². The van der Waals surface area contributed by atoms with Gasteiger partial charge in [-0.3, -0.25) is 4.79 Å². The van der Waals surface area contributed by atoms with Crippen molar-refractivity contribution >= 4 is 11.9 Å². The van der Waals surface area contributed by atoms with E-state index in [1.807, 2.05) is 0 Å². The molecule has 0 atom stereocenters. The van der Waals surface area contributed by atoms with E-state index in [4.69, 9.17) is 9.47 Å². The minimum Gasteiger partial charge on any atom is -0.493 e. The second-order valence-electron chi connectivity index (χ2n) is 4.71. The Bertz CT molecular complexity index is 724. The Morgan fingerprint density at radius 3 is 2.25 bits per heavy atom. The molecular weight excluding hydrogens is 318 g/mol. The van der Waals surface area contributed by atoms with Crippen molar-refractivity contribution in [1.82, 2.24) is 0 Å². The van der Waals surface area contributed by atoms with Crippen molar-refractivity contribution in [3.05, 3.63) is 59.7 Å². The first kappa shape index (κ1) is 17.5. The van der Waals surface area contributed by atoms with Gasteiger partial charge in [0.2, 0.25) is 0 Å². The highest BCUT2D eigenvalue weighted by Crippen LogP contribution is 2.27.